The summed E-state index contributed by atoms with van der Waals surface area (Å²) in [5, 5.41) is 14.7. The summed E-state index contributed by atoms with van der Waals surface area (Å²) >= 11 is 0.897. The van der Waals surface area contributed by atoms with Gasteiger partial charge in [-0.05, 0) is 6.92 Å². The maximum absolute atomic E-state index is 11.2. The van der Waals surface area contributed by atoms with Crippen molar-refractivity contribution in [1.82, 2.24) is 14.8 Å². The standard InChI is InChI=1S/C9H8N4O4S/c1-5(14)7-3-6(13(15)16)8(18-7)17-9-10-4-12(2)11-9/h3-4H,1-2H3. The Morgan fingerprint density at radius 3 is 2.83 bits per heavy atom. The molecular weight excluding hydrogens is 260 g/mol. The zero-order valence-electron chi connectivity index (χ0n) is 9.48. The number of ketones is 1. The first-order chi connectivity index (χ1) is 8.47. The minimum atomic E-state index is -0.610. The fourth-order valence-electron chi connectivity index (χ4n) is 1.19. The number of hydrogen-bond acceptors (Lipinski definition) is 7. The van der Waals surface area contributed by atoms with Gasteiger partial charge in [0.25, 0.3) is 5.06 Å². The Kier molecular flexibility index (Phi) is 3.06. The molecule has 0 radical (unpaired) electrons. The van der Waals surface area contributed by atoms with Gasteiger partial charge in [-0.15, -0.1) is 5.10 Å². The van der Waals surface area contributed by atoms with Gasteiger partial charge in [0.15, 0.2) is 5.78 Å². The topological polar surface area (TPSA) is 100 Å². The highest BCUT2D eigenvalue weighted by atomic mass is 32.1. The summed E-state index contributed by atoms with van der Waals surface area (Å²) in [6.45, 7) is 1.33. The van der Waals surface area contributed by atoms with Crippen LogP contribution in [-0.4, -0.2) is 25.5 Å². The molecule has 0 N–H and O–H groups in total. The molecule has 0 unspecified atom stereocenters. The van der Waals surface area contributed by atoms with Crippen molar-refractivity contribution in [3.8, 4) is 11.1 Å². The Labute approximate surface area is 105 Å². The molecule has 0 aliphatic rings. The summed E-state index contributed by atoms with van der Waals surface area (Å²) in [5.74, 6) is -0.257. The lowest BCUT2D eigenvalue weighted by atomic mass is 10.3. The molecule has 0 amide bonds. The van der Waals surface area contributed by atoms with Crippen molar-refractivity contribution >= 4 is 22.8 Å². The van der Waals surface area contributed by atoms with E-state index in [9.17, 15) is 14.9 Å². The van der Waals surface area contributed by atoms with Crippen molar-refractivity contribution in [3.63, 3.8) is 0 Å². The summed E-state index contributed by atoms with van der Waals surface area (Å²) in [7, 11) is 1.64. The fraction of sp³-hybridized carbons (Fsp3) is 0.222. The highest BCUT2D eigenvalue weighted by molar-refractivity contribution is 7.16. The lowest BCUT2D eigenvalue weighted by Crippen LogP contribution is -1.92. The van der Waals surface area contributed by atoms with E-state index in [0.29, 0.717) is 0 Å². The molecule has 0 saturated heterocycles. The number of Topliss-reactive ketones (excluding diaryl/α,β-unsaturated/α-hetero) is 1. The number of hydrogen-bond donors (Lipinski definition) is 0. The number of aromatic nitrogens is 3. The fourth-order valence-corrected chi connectivity index (χ4v) is 2.06. The third-order valence-corrected chi connectivity index (χ3v) is 3.09. The lowest BCUT2D eigenvalue weighted by molar-refractivity contribution is -0.385. The molecule has 0 bridgehead atoms. The van der Waals surface area contributed by atoms with Crippen molar-refractivity contribution in [2.45, 2.75) is 6.92 Å². The van der Waals surface area contributed by atoms with E-state index in [0.717, 1.165) is 11.3 Å². The van der Waals surface area contributed by atoms with E-state index >= 15 is 0 Å². The van der Waals surface area contributed by atoms with Gasteiger partial charge in [-0.25, -0.2) is 0 Å². The minimum absolute atomic E-state index is 0.00227. The second-order valence-corrected chi connectivity index (χ2v) is 4.41. The molecule has 0 saturated carbocycles. The first-order valence-corrected chi connectivity index (χ1v) is 5.61. The number of aryl methyl sites for hydroxylation is 1. The van der Waals surface area contributed by atoms with Crippen LogP contribution in [0.15, 0.2) is 12.4 Å². The highest BCUT2D eigenvalue weighted by Gasteiger charge is 2.23. The molecule has 0 fully saturated rings. The summed E-state index contributed by atoms with van der Waals surface area (Å²) in [6, 6.07) is 1.18. The maximum Gasteiger partial charge on any atom is 0.342 e. The zero-order valence-corrected chi connectivity index (χ0v) is 10.3. The molecule has 9 heteroatoms. The molecule has 0 atom stereocenters. The van der Waals surface area contributed by atoms with Gasteiger partial charge in [0.1, 0.15) is 6.33 Å². The quantitative estimate of drug-likeness (QED) is 0.476. The van der Waals surface area contributed by atoms with Crippen LogP contribution < -0.4 is 4.74 Å². The third kappa shape index (κ3) is 2.35. The van der Waals surface area contributed by atoms with E-state index in [4.69, 9.17) is 4.74 Å². The van der Waals surface area contributed by atoms with Crippen LogP contribution in [0.25, 0.3) is 0 Å². The van der Waals surface area contributed by atoms with Crippen molar-refractivity contribution < 1.29 is 14.5 Å². The Morgan fingerprint density at radius 2 is 2.33 bits per heavy atom. The van der Waals surface area contributed by atoms with E-state index < -0.39 is 4.92 Å². The molecule has 2 aromatic rings. The molecule has 0 aliphatic carbocycles. The van der Waals surface area contributed by atoms with Crippen molar-refractivity contribution in [1.29, 1.82) is 0 Å². The van der Waals surface area contributed by atoms with Crippen LogP contribution in [0.2, 0.25) is 0 Å². The SMILES string of the molecule is CC(=O)c1cc([N+](=O)[O-])c(Oc2ncn(C)n2)s1. The van der Waals surface area contributed by atoms with Gasteiger partial charge in [0, 0.05) is 13.1 Å². The van der Waals surface area contributed by atoms with Crippen LogP contribution >= 0.6 is 11.3 Å². The van der Waals surface area contributed by atoms with E-state index in [2.05, 4.69) is 10.1 Å². The molecule has 0 aromatic carbocycles. The summed E-state index contributed by atoms with van der Waals surface area (Å²) < 4.78 is 6.61. The summed E-state index contributed by atoms with van der Waals surface area (Å²) in [5.41, 5.74) is -0.266. The van der Waals surface area contributed by atoms with Gasteiger partial charge in [0.05, 0.1) is 9.80 Å². The number of carbonyl (C=O) groups excluding carboxylic acids is 1. The van der Waals surface area contributed by atoms with Gasteiger partial charge in [-0.2, -0.15) is 4.98 Å². The normalized spacial score (nSPS) is 10.3. The van der Waals surface area contributed by atoms with Gasteiger partial charge in [0.2, 0.25) is 0 Å². The summed E-state index contributed by atoms with van der Waals surface area (Å²) in [6.07, 6.45) is 1.40. The number of nitrogens with zero attached hydrogens (tertiary/aromatic N) is 4. The molecule has 2 aromatic heterocycles. The Balaban J connectivity index is 2.36. The van der Waals surface area contributed by atoms with Crippen LogP contribution in [0.3, 0.4) is 0 Å². The van der Waals surface area contributed by atoms with Crippen LogP contribution in [0.4, 0.5) is 5.69 Å². The van der Waals surface area contributed by atoms with Crippen LogP contribution in [0.1, 0.15) is 16.6 Å². The predicted octanol–water partition coefficient (Wildman–Crippen LogP) is 1.78. The molecule has 94 valence electrons. The highest BCUT2D eigenvalue weighted by Crippen LogP contribution is 2.39. The zero-order chi connectivity index (χ0) is 13.3. The van der Waals surface area contributed by atoms with E-state index in [1.165, 1.54) is 24.0 Å². The second-order valence-electron chi connectivity index (χ2n) is 3.40. The summed E-state index contributed by atoms with van der Waals surface area (Å²) in [4.78, 5) is 25.5. The Morgan fingerprint density at radius 1 is 1.61 bits per heavy atom. The molecular formula is C9H8N4O4S. The van der Waals surface area contributed by atoms with Gasteiger partial charge in [-0.3, -0.25) is 19.6 Å². The average molecular weight is 268 g/mol. The molecule has 0 spiro atoms. The Bertz CT molecular complexity index is 618. The van der Waals surface area contributed by atoms with Crippen molar-refractivity contribution in [3.05, 3.63) is 27.4 Å². The molecule has 0 aliphatic heterocycles. The minimum Gasteiger partial charge on any atom is -0.405 e. The number of nitro groups is 1. The number of thiophene rings is 1. The number of carbonyl (C=O) groups is 1. The van der Waals surface area contributed by atoms with E-state index in [1.807, 2.05) is 0 Å². The number of rotatable bonds is 4. The van der Waals surface area contributed by atoms with Crippen LogP contribution in [-0.2, 0) is 7.05 Å². The van der Waals surface area contributed by atoms with Crippen LogP contribution in [0.5, 0.6) is 11.1 Å². The monoisotopic (exact) mass is 268 g/mol. The second kappa shape index (κ2) is 4.53. The molecule has 2 heterocycles. The molecule has 8 nitrogen and oxygen atoms in total. The first-order valence-electron chi connectivity index (χ1n) is 4.80. The van der Waals surface area contributed by atoms with Gasteiger partial charge in [-0.1, -0.05) is 11.3 Å². The lowest BCUT2D eigenvalue weighted by Gasteiger charge is -1.95. The van der Waals surface area contributed by atoms with Crippen molar-refractivity contribution in [2.75, 3.05) is 0 Å². The smallest absolute Gasteiger partial charge is 0.342 e. The third-order valence-electron chi connectivity index (χ3n) is 1.99. The van der Waals surface area contributed by atoms with Crippen LogP contribution in [0, 0.1) is 10.1 Å². The maximum atomic E-state index is 11.2. The van der Waals surface area contributed by atoms with Gasteiger partial charge < -0.3 is 4.74 Å². The molecule has 2 rings (SSSR count). The number of ether oxygens (including phenoxy) is 1. The predicted molar refractivity (Wildman–Crippen MR) is 62.1 cm³/mol. The van der Waals surface area contributed by atoms with E-state index in [1.54, 1.807) is 7.05 Å². The van der Waals surface area contributed by atoms with Gasteiger partial charge >= 0.3 is 11.7 Å². The largest absolute Gasteiger partial charge is 0.405 e. The average Bonchev–Trinajstić information content (AvgIpc) is 2.85. The Hall–Kier alpha value is -2.29. The van der Waals surface area contributed by atoms with E-state index in [-0.39, 0.29) is 27.4 Å². The first kappa shape index (κ1) is 12.2. The molecule has 18 heavy (non-hydrogen) atoms. The van der Waals surface area contributed by atoms with Crippen molar-refractivity contribution in [2.24, 2.45) is 7.05 Å².